The van der Waals surface area contributed by atoms with E-state index in [9.17, 15) is 24.3 Å². The highest BCUT2D eigenvalue weighted by atomic mass is 16.5. The van der Waals surface area contributed by atoms with Gasteiger partial charge in [-0.25, -0.2) is 19.6 Å². The van der Waals surface area contributed by atoms with Crippen LogP contribution in [0.5, 0.6) is 0 Å². The molecule has 1 fully saturated rings. The zero-order chi connectivity index (χ0) is 40.7. The lowest BCUT2D eigenvalue weighted by atomic mass is 9.84. The van der Waals surface area contributed by atoms with Gasteiger partial charge in [-0.05, 0) is 46.8 Å². The van der Waals surface area contributed by atoms with E-state index in [1.807, 2.05) is 101 Å². The Bertz CT molecular complexity index is 1760. The van der Waals surface area contributed by atoms with Gasteiger partial charge >= 0.3 is 12.1 Å². The van der Waals surface area contributed by atoms with Crippen LogP contribution in [0.3, 0.4) is 0 Å². The molecule has 55 heavy (non-hydrogen) atoms. The minimum atomic E-state index is -1.15. The number of hydrogen-bond acceptors (Lipinski definition) is 8. The van der Waals surface area contributed by atoms with Crippen LogP contribution in [-0.2, 0) is 27.3 Å². The van der Waals surface area contributed by atoms with Crippen LogP contribution in [0, 0.1) is 16.2 Å². The number of urea groups is 1. The van der Waals surface area contributed by atoms with Crippen molar-refractivity contribution in [1.29, 1.82) is 0 Å². The molecule has 1 saturated heterocycles. The number of aromatic nitrogens is 2. The first kappa shape index (κ1) is 43.0. The Labute approximate surface area is 325 Å². The third-order valence-corrected chi connectivity index (χ3v) is 9.83. The summed E-state index contributed by atoms with van der Waals surface area (Å²) in [5, 5.41) is 19.4. The van der Waals surface area contributed by atoms with Crippen molar-refractivity contribution in [3.8, 4) is 0 Å². The van der Waals surface area contributed by atoms with Crippen molar-refractivity contribution in [3.05, 3.63) is 72.3 Å². The fourth-order valence-corrected chi connectivity index (χ4v) is 6.78. The molecule has 14 heteroatoms. The number of amides is 5. The molecule has 3 heterocycles. The second kappa shape index (κ2) is 17.8. The number of pyridine rings is 1. The fraction of sp³-hybridized carbons (Fsp3) is 0.585. The molecule has 1 aliphatic heterocycles. The number of nitrogens with zero attached hydrogens (tertiary/aromatic N) is 5. The van der Waals surface area contributed by atoms with Crippen molar-refractivity contribution in [2.24, 2.45) is 16.2 Å². The van der Waals surface area contributed by atoms with Gasteiger partial charge in [0.15, 0.2) is 0 Å². The summed E-state index contributed by atoms with van der Waals surface area (Å²) in [5.74, 6) is -0.114. The molecule has 4 unspecified atom stereocenters. The maximum atomic E-state index is 14.5. The summed E-state index contributed by atoms with van der Waals surface area (Å²) in [7, 11) is 1.24. The minimum Gasteiger partial charge on any atom is -0.453 e. The van der Waals surface area contributed by atoms with Gasteiger partial charge in [0.2, 0.25) is 5.91 Å². The topological polar surface area (TPSA) is 161 Å². The zero-order valence-corrected chi connectivity index (χ0v) is 34.3. The van der Waals surface area contributed by atoms with Crippen molar-refractivity contribution >= 4 is 29.5 Å². The number of nitrogens with one attached hydrogen (secondary N) is 3. The number of carbonyl (C=O) groups is 4. The number of ether oxygens (including phenoxy) is 1. The Balaban J connectivity index is 1.58. The Morgan fingerprint density at radius 3 is 2.20 bits per heavy atom. The molecule has 4 N–H and O–H groups in total. The standard InChI is InChI=1S/C41H62N8O6/c1-39(2,3)19-21-47(45-35(51)33(40(4,5)6)44-37(53)55-10)26-31(50)30(24-28-16-12-11-13-17-28)43-36(52)34(41(7,8)9)49-23-22-46(38(49)54)27-32-42-25-29-18-14-15-20-48(29)32/h11-18,20,25,30-31,33-34,50H,19,21-24,26-27H2,1-10H3,(H,43,52)(H,44,53)(H,45,51). The zero-order valence-electron chi connectivity index (χ0n) is 34.3. The largest absolute Gasteiger partial charge is 0.453 e. The second-order valence-electron chi connectivity index (χ2n) is 17.9. The number of aliphatic hydroxyl groups is 1. The highest BCUT2D eigenvalue weighted by Crippen LogP contribution is 2.29. The van der Waals surface area contributed by atoms with E-state index in [4.69, 9.17) is 4.74 Å². The van der Waals surface area contributed by atoms with Crippen molar-refractivity contribution in [3.63, 3.8) is 0 Å². The molecule has 4 atom stereocenters. The molecule has 0 radical (unpaired) electrons. The maximum absolute atomic E-state index is 14.5. The summed E-state index contributed by atoms with van der Waals surface area (Å²) in [6.07, 6.45) is 2.78. The molecule has 0 aliphatic carbocycles. The first-order chi connectivity index (χ1) is 25.7. The van der Waals surface area contributed by atoms with Gasteiger partial charge in [0.1, 0.15) is 17.9 Å². The number of aliphatic hydroxyl groups excluding tert-OH is 1. The number of hydrazine groups is 1. The predicted molar refractivity (Wildman–Crippen MR) is 212 cm³/mol. The molecule has 4 rings (SSSR count). The molecule has 5 amide bonds. The smallest absolute Gasteiger partial charge is 0.407 e. The molecule has 14 nitrogen and oxygen atoms in total. The van der Waals surface area contributed by atoms with E-state index in [1.54, 1.807) is 21.0 Å². The van der Waals surface area contributed by atoms with E-state index < -0.39 is 47.1 Å². The van der Waals surface area contributed by atoms with Crippen molar-refractivity contribution < 1.29 is 29.0 Å². The fourth-order valence-electron chi connectivity index (χ4n) is 6.78. The predicted octanol–water partition coefficient (Wildman–Crippen LogP) is 4.62. The van der Waals surface area contributed by atoms with Crippen LogP contribution in [-0.4, -0.2) is 111 Å². The van der Waals surface area contributed by atoms with Crippen LogP contribution in [0.2, 0.25) is 0 Å². The van der Waals surface area contributed by atoms with Gasteiger partial charge in [-0.3, -0.25) is 15.0 Å². The monoisotopic (exact) mass is 762 g/mol. The van der Waals surface area contributed by atoms with E-state index in [-0.39, 0.29) is 23.9 Å². The van der Waals surface area contributed by atoms with Crippen molar-refractivity contribution in [2.75, 3.05) is 33.3 Å². The van der Waals surface area contributed by atoms with Gasteiger partial charge in [-0.1, -0.05) is 98.7 Å². The average Bonchev–Trinajstić information content (AvgIpc) is 3.67. The summed E-state index contributed by atoms with van der Waals surface area (Å²) < 4.78 is 6.74. The second-order valence-corrected chi connectivity index (χ2v) is 17.9. The molecular formula is C41H62N8O6. The Hall–Kier alpha value is -4.69. The van der Waals surface area contributed by atoms with Crippen LogP contribution < -0.4 is 16.1 Å². The molecule has 3 aromatic rings. The molecule has 0 spiro atoms. The summed E-state index contributed by atoms with van der Waals surface area (Å²) in [6, 6.07) is 12.5. The summed E-state index contributed by atoms with van der Waals surface area (Å²) in [6.45, 7) is 19.0. The van der Waals surface area contributed by atoms with Gasteiger partial charge in [0.05, 0.1) is 37.5 Å². The molecule has 302 valence electrons. The van der Waals surface area contributed by atoms with Crippen LogP contribution in [0.25, 0.3) is 5.52 Å². The van der Waals surface area contributed by atoms with Crippen molar-refractivity contribution in [1.82, 2.24) is 40.3 Å². The lowest BCUT2D eigenvalue weighted by Gasteiger charge is -2.38. The summed E-state index contributed by atoms with van der Waals surface area (Å²) in [4.78, 5) is 62.3. The number of rotatable bonds is 15. The Kier molecular flexibility index (Phi) is 14.0. The number of carbonyl (C=O) groups excluding carboxylic acids is 4. The van der Waals surface area contributed by atoms with E-state index >= 15 is 0 Å². The third kappa shape index (κ3) is 11.9. The van der Waals surface area contributed by atoms with Crippen LogP contribution in [0.4, 0.5) is 9.59 Å². The summed E-state index contributed by atoms with van der Waals surface area (Å²) >= 11 is 0. The third-order valence-electron chi connectivity index (χ3n) is 9.83. The molecule has 0 bridgehead atoms. The van der Waals surface area contributed by atoms with Crippen LogP contribution >= 0.6 is 0 Å². The Morgan fingerprint density at radius 2 is 1.58 bits per heavy atom. The number of alkyl carbamates (subject to hydrolysis) is 1. The number of benzene rings is 1. The Morgan fingerprint density at radius 1 is 0.909 bits per heavy atom. The molecule has 0 saturated carbocycles. The lowest BCUT2D eigenvalue weighted by Crippen LogP contribution is -2.61. The van der Waals surface area contributed by atoms with Gasteiger partial charge in [-0.2, -0.15) is 0 Å². The van der Waals surface area contributed by atoms with Crippen LogP contribution in [0.15, 0.2) is 60.9 Å². The highest BCUT2D eigenvalue weighted by Gasteiger charge is 2.44. The molecular weight excluding hydrogens is 701 g/mol. The van der Waals surface area contributed by atoms with Gasteiger partial charge < -0.3 is 34.7 Å². The lowest BCUT2D eigenvalue weighted by molar-refractivity contribution is -0.133. The molecule has 2 aromatic heterocycles. The molecule has 1 aromatic carbocycles. The quantitative estimate of drug-likeness (QED) is 0.163. The molecule has 1 aliphatic rings. The van der Waals surface area contributed by atoms with Crippen LogP contribution in [0.1, 0.15) is 80.1 Å². The average molecular weight is 763 g/mol. The van der Waals surface area contributed by atoms with Gasteiger partial charge in [0.25, 0.3) is 5.91 Å². The number of hydrogen-bond donors (Lipinski definition) is 4. The van der Waals surface area contributed by atoms with Gasteiger partial charge in [-0.15, -0.1) is 0 Å². The first-order valence-electron chi connectivity index (χ1n) is 19.1. The highest BCUT2D eigenvalue weighted by molar-refractivity contribution is 5.89. The normalized spacial score (nSPS) is 16.2. The number of methoxy groups -OCH3 is 1. The first-order valence-corrected chi connectivity index (χ1v) is 19.1. The van der Waals surface area contributed by atoms with E-state index in [1.165, 1.54) is 7.11 Å². The minimum absolute atomic E-state index is 0.0242. The van der Waals surface area contributed by atoms with Gasteiger partial charge in [0, 0.05) is 32.4 Å². The van der Waals surface area contributed by atoms with E-state index in [0.29, 0.717) is 39.0 Å². The van der Waals surface area contributed by atoms with Crippen molar-refractivity contribution in [2.45, 2.75) is 106 Å². The number of imidazole rings is 1. The SMILES string of the molecule is COC(=O)NC(C(=O)NN(CCC(C)(C)C)CC(O)C(Cc1ccccc1)NC(=O)C(N1CCN(Cc2ncc3ccccn23)C1=O)C(C)(C)C)C(C)(C)C. The maximum Gasteiger partial charge on any atom is 0.407 e. The number of fused-ring (bicyclic) bond motifs is 1. The van der Waals surface area contributed by atoms with E-state index in [0.717, 1.165) is 16.9 Å². The summed E-state index contributed by atoms with van der Waals surface area (Å²) in [5.41, 5.74) is 3.36. The van der Waals surface area contributed by atoms with E-state index in [2.05, 4.69) is 41.8 Å².